The van der Waals surface area contributed by atoms with Crippen LogP contribution in [0.4, 0.5) is 0 Å². The molecule has 1 aromatic heterocycles. The highest BCUT2D eigenvalue weighted by molar-refractivity contribution is 6.43. The molecular weight excluding hydrogens is 384 g/mol. The summed E-state index contributed by atoms with van der Waals surface area (Å²) in [5, 5.41) is 20.5. The van der Waals surface area contributed by atoms with E-state index in [2.05, 4.69) is 0 Å². The molecule has 0 radical (unpaired) electrons. The van der Waals surface area contributed by atoms with Crippen molar-refractivity contribution in [3.63, 3.8) is 0 Å². The van der Waals surface area contributed by atoms with E-state index in [1.165, 1.54) is 12.1 Å². The molecule has 7 heteroatoms. The van der Waals surface area contributed by atoms with Gasteiger partial charge in [-0.2, -0.15) is 0 Å². The van der Waals surface area contributed by atoms with E-state index in [0.29, 0.717) is 0 Å². The molecule has 28 heavy (non-hydrogen) atoms. The molecule has 0 fully saturated rings. The highest BCUT2D eigenvalue weighted by Crippen LogP contribution is 2.48. The normalized spacial score (nSPS) is 13.6. The number of carbonyl (C=O) groups is 3. The van der Waals surface area contributed by atoms with Crippen molar-refractivity contribution in [3.05, 3.63) is 57.1 Å². The number of carbonyl (C=O) groups excluding carboxylic acids is 3. The summed E-state index contributed by atoms with van der Waals surface area (Å²) in [5.74, 6) is -2.98. The number of aromatic hydroxyl groups is 2. The molecule has 0 atom stereocenters. The monoisotopic (exact) mass is 398 g/mol. The molecule has 2 N–H and O–H groups in total. The SMILES string of the molecule is CC(C)(C)C(=O)c1c(O)oc2c3c(c(O)c(Cl)c12)C(=O)c1ccccc1C3=O. The van der Waals surface area contributed by atoms with Gasteiger partial charge in [-0.25, -0.2) is 0 Å². The first kappa shape index (κ1) is 18.3. The number of hydrogen-bond donors (Lipinski definition) is 2. The number of rotatable bonds is 1. The van der Waals surface area contributed by atoms with Crippen molar-refractivity contribution in [2.24, 2.45) is 5.41 Å². The third-order valence-electron chi connectivity index (χ3n) is 4.81. The number of phenols is 1. The Labute approximate surface area is 164 Å². The molecule has 1 aliphatic rings. The van der Waals surface area contributed by atoms with E-state index in [9.17, 15) is 24.6 Å². The summed E-state index contributed by atoms with van der Waals surface area (Å²) < 4.78 is 5.35. The molecule has 2 aromatic carbocycles. The molecule has 0 spiro atoms. The quantitative estimate of drug-likeness (QED) is 0.457. The average molecular weight is 399 g/mol. The average Bonchev–Trinajstić information content (AvgIpc) is 2.98. The second kappa shape index (κ2) is 5.69. The molecule has 1 aliphatic carbocycles. The minimum Gasteiger partial charge on any atom is -0.506 e. The van der Waals surface area contributed by atoms with Crippen LogP contribution in [0.5, 0.6) is 11.7 Å². The summed E-state index contributed by atoms with van der Waals surface area (Å²) in [4.78, 5) is 38.8. The Kier molecular flexibility index (Phi) is 3.71. The highest BCUT2D eigenvalue weighted by atomic mass is 35.5. The summed E-state index contributed by atoms with van der Waals surface area (Å²) in [7, 11) is 0. The second-order valence-electron chi connectivity index (χ2n) is 7.68. The van der Waals surface area contributed by atoms with Gasteiger partial charge in [-0.15, -0.1) is 0 Å². The summed E-state index contributed by atoms with van der Waals surface area (Å²) in [6, 6.07) is 6.17. The van der Waals surface area contributed by atoms with Gasteiger partial charge in [0.05, 0.1) is 21.5 Å². The molecule has 0 aliphatic heterocycles. The number of Topliss-reactive ketones (excluding diaryl/α,β-unsaturated/α-hetero) is 1. The lowest BCUT2D eigenvalue weighted by Gasteiger charge is -2.20. The van der Waals surface area contributed by atoms with Gasteiger partial charge in [-0.1, -0.05) is 56.6 Å². The van der Waals surface area contributed by atoms with Crippen LogP contribution in [-0.4, -0.2) is 27.6 Å². The topological polar surface area (TPSA) is 105 Å². The number of fused-ring (bicyclic) bond motifs is 4. The number of phenolic OH excluding ortho intramolecular Hbond substituents is 1. The number of halogens is 1. The summed E-state index contributed by atoms with van der Waals surface area (Å²) in [5.41, 5.74) is -1.57. The van der Waals surface area contributed by atoms with Crippen LogP contribution in [0, 0.1) is 5.41 Å². The Balaban J connectivity index is 2.16. The summed E-state index contributed by atoms with van der Waals surface area (Å²) in [6.45, 7) is 4.93. The van der Waals surface area contributed by atoms with E-state index >= 15 is 0 Å². The van der Waals surface area contributed by atoms with Crippen LogP contribution in [0.25, 0.3) is 11.0 Å². The zero-order valence-corrected chi connectivity index (χ0v) is 16.0. The van der Waals surface area contributed by atoms with Crippen LogP contribution in [0.2, 0.25) is 5.02 Å². The van der Waals surface area contributed by atoms with Crippen LogP contribution >= 0.6 is 11.6 Å². The van der Waals surface area contributed by atoms with Crippen LogP contribution in [0.3, 0.4) is 0 Å². The van der Waals surface area contributed by atoms with E-state index in [4.69, 9.17) is 16.0 Å². The van der Waals surface area contributed by atoms with Crippen molar-refractivity contribution in [1.29, 1.82) is 0 Å². The van der Waals surface area contributed by atoms with Crippen molar-refractivity contribution < 1.29 is 29.0 Å². The molecule has 4 rings (SSSR count). The first-order chi connectivity index (χ1) is 13.1. The number of hydrogen-bond acceptors (Lipinski definition) is 6. The van der Waals surface area contributed by atoms with E-state index in [-0.39, 0.29) is 43.8 Å². The van der Waals surface area contributed by atoms with Crippen LogP contribution < -0.4 is 0 Å². The van der Waals surface area contributed by atoms with Gasteiger partial charge in [0.25, 0.3) is 5.95 Å². The molecule has 0 bridgehead atoms. The molecule has 0 saturated carbocycles. The Morgan fingerprint density at radius 1 is 1.00 bits per heavy atom. The largest absolute Gasteiger partial charge is 0.506 e. The standard InChI is InChI=1S/C21H15ClO6/c1-21(2,3)19(26)13-10-14(22)17(25)11-12(18(10)28-20(13)27)16(24)9-7-5-4-6-8(9)15(11)23/h4-7,25,27H,1-3H3. The molecule has 3 aromatic rings. The molecule has 0 amide bonds. The smallest absolute Gasteiger partial charge is 0.294 e. The maximum absolute atomic E-state index is 13.1. The fraction of sp³-hybridized carbons (Fsp3) is 0.190. The van der Waals surface area contributed by atoms with E-state index in [1.807, 2.05) is 0 Å². The lowest BCUT2D eigenvalue weighted by molar-refractivity contribution is 0.0854. The third kappa shape index (κ3) is 2.24. The lowest BCUT2D eigenvalue weighted by Crippen LogP contribution is -2.22. The van der Waals surface area contributed by atoms with Gasteiger partial charge in [-0.3, -0.25) is 14.4 Å². The van der Waals surface area contributed by atoms with Crippen LogP contribution in [-0.2, 0) is 0 Å². The van der Waals surface area contributed by atoms with Crippen LogP contribution in [0.15, 0.2) is 28.7 Å². The molecule has 6 nitrogen and oxygen atoms in total. The van der Waals surface area contributed by atoms with Gasteiger partial charge in [0, 0.05) is 16.5 Å². The van der Waals surface area contributed by atoms with E-state index < -0.39 is 34.5 Å². The number of benzene rings is 2. The van der Waals surface area contributed by atoms with Gasteiger partial charge >= 0.3 is 0 Å². The predicted molar refractivity (Wildman–Crippen MR) is 102 cm³/mol. The first-order valence-corrected chi connectivity index (χ1v) is 8.86. The fourth-order valence-electron chi connectivity index (χ4n) is 3.44. The Bertz CT molecular complexity index is 1230. The molecule has 0 saturated heterocycles. The van der Waals surface area contributed by atoms with Crippen LogP contribution in [0.1, 0.15) is 63.0 Å². The molecule has 142 valence electrons. The second-order valence-corrected chi connectivity index (χ2v) is 8.06. The highest BCUT2D eigenvalue weighted by Gasteiger charge is 2.40. The maximum atomic E-state index is 13.1. The minimum atomic E-state index is -0.893. The number of ketones is 3. The van der Waals surface area contributed by atoms with Crippen molar-refractivity contribution in [2.45, 2.75) is 20.8 Å². The molecule has 1 heterocycles. The first-order valence-electron chi connectivity index (χ1n) is 8.48. The maximum Gasteiger partial charge on any atom is 0.294 e. The summed E-state index contributed by atoms with van der Waals surface area (Å²) in [6.07, 6.45) is 0. The van der Waals surface area contributed by atoms with Crippen molar-refractivity contribution in [3.8, 4) is 11.7 Å². The lowest BCUT2D eigenvalue weighted by atomic mass is 9.81. The Morgan fingerprint density at radius 3 is 2.07 bits per heavy atom. The molecule has 0 unspecified atom stereocenters. The van der Waals surface area contributed by atoms with Gasteiger partial charge < -0.3 is 14.6 Å². The van der Waals surface area contributed by atoms with E-state index in [1.54, 1.807) is 32.9 Å². The van der Waals surface area contributed by atoms with Gasteiger partial charge in [0.2, 0.25) is 0 Å². The number of furan rings is 1. The predicted octanol–water partition coefficient (Wildman–Crippen LogP) is 4.50. The van der Waals surface area contributed by atoms with E-state index in [0.717, 1.165) is 0 Å². The van der Waals surface area contributed by atoms with Gasteiger partial charge in [0.15, 0.2) is 22.9 Å². The van der Waals surface area contributed by atoms with Gasteiger partial charge in [-0.05, 0) is 0 Å². The zero-order valence-electron chi connectivity index (χ0n) is 15.2. The van der Waals surface area contributed by atoms with Crippen molar-refractivity contribution in [2.75, 3.05) is 0 Å². The minimum absolute atomic E-state index is 0.0872. The fourth-order valence-corrected chi connectivity index (χ4v) is 3.71. The van der Waals surface area contributed by atoms with Crippen molar-refractivity contribution in [1.82, 2.24) is 0 Å². The van der Waals surface area contributed by atoms with Crippen molar-refractivity contribution >= 4 is 39.9 Å². The molecular formula is C21H15ClO6. The summed E-state index contributed by atoms with van der Waals surface area (Å²) >= 11 is 6.28. The van der Waals surface area contributed by atoms with Gasteiger partial charge in [0.1, 0.15) is 11.3 Å². The zero-order chi connectivity index (χ0) is 20.5. The third-order valence-corrected chi connectivity index (χ3v) is 5.18. The Morgan fingerprint density at radius 2 is 1.54 bits per heavy atom. The Hall–Kier alpha value is -3.12.